The first kappa shape index (κ1) is 9.77. The van der Waals surface area contributed by atoms with E-state index in [0.717, 1.165) is 0 Å². The molecular weight excluding hydrogens is 170 g/mol. The number of carbonyl (C=O) groups excluding carboxylic acids is 2. The highest BCUT2D eigenvalue weighted by molar-refractivity contribution is 6.05. The van der Waals surface area contributed by atoms with Crippen LogP contribution in [0.15, 0.2) is 12.7 Å². The van der Waals surface area contributed by atoms with Gasteiger partial charge in [-0.25, -0.2) is 0 Å². The van der Waals surface area contributed by atoms with Crippen molar-refractivity contribution in [2.45, 2.75) is 12.8 Å². The van der Waals surface area contributed by atoms with Crippen molar-refractivity contribution in [1.29, 1.82) is 0 Å². The Morgan fingerprint density at radius 3 is 2.62 bits per heavy atom. The second-order valence-electron chi connectivity index (χ2n) is 3.07. The molecule has 1 N–H and O–H groups in total. The van der Waals surface area contributed by atoms with Crippen LogP contribution in [0.3, 0.4) is 0 Å². The molecule has 1 rings (SSSR count). The average Bonchev–Trinajstić information content (AvgIpc) is 2.93. The maximum absolute atomic E-state index is 11.4. The monoisotopic (exact) mass is 183 g/mol. The summed E-state index contributed by atoms with van der Waals surface area (Å²) in [4.78, 5) is 22.6. The lowest BCUT2D eigenvalue weighted by Gasteiger charge is -2.11. The molecule has 4 heteroatoms. The van der Waals surface area contributed by atoms with E-state index in [4.69, 9.17) is 0 Å². The Labute approximate surface area is 76.9 Å². The fraction of sp³-hybridized carbons (Fsp3) is 0.556. The van der Waals surface area contributed by atoms with E-state index in [9.17, 15) is 9.59 Å². The van der Waals surface area contributed by atoms with Crippen molar-refractivity contribution in [1.82, 2.24) is 5.32 Å². The zero-order valence-corrected chi connectivity index (χ0v) is 7.63. The minimum Gasteiger partial charge on any atom is -0.468 e. The number of methoxy groups -OCH3 is 1. The van der Waals surface area contributed by atoms with Crippen LogP contribution in [-0.2, 0) is 14.3 Å². The number of carbonyl (C=O) groups is 2. The minimum atomic E-state index is -0.891. The molecule has 0 aliphatic heterocycles. The van der Waals surface area contributed by atoms with Gasteiger partial charge in [-0.1, -0.05) is 6.08 Å². The van der Waals surface area contributed by atoms with Gasteiger partial charge < -0.3 is 10.1 Å². The van der Waals surface area contributed by atoms with Crippen LogP contribution in [0, 0.1) is 5.41 Å². The molecule has 0 spiro atoms. The Morgan fingerprint density at radius 2 is 2.23 bits per heavy atom. The maximum Gasteiger partial charge on any atom is 0.321 e. The van der Waals surface area contributed by atoms with Gasteiger partial charge >= 0.3 is 5.97 Å². The van der Waals surface area contributed by atoms with Crippen LogP contribution in [0.25, 0.3) is 0 Å². The molecule has 1 fully saturated rings. The van der Waals surface area contributed by atoms with Crippen molar-refractivity contribution in [2.24, 2.45) is 5.41 Å². The van der Waals surface area contributed by atoms with Crippen molar-refractivity contribution in [2.75, 3.05) is 13.7 Å². The first-order valence-corrected chi connectivity index (χ1v) is 4.15. The summed E-state index contributed by atoms with van der Waals surface area (Å²) in [6.45, 7) is 3.86. The molecule has 0 aromatic carbocycles. The summed E-state index contributed by atoms with van der Waals surface area (Å²) in [5.41, 5.74) is -0.891. The molecule has 0 aromatic heterocycles. The summed E-state index contributed by atoms with van der Waals surface area (Å²) in [5.74, 6) is -0.687. The van der Waals surface area contributed by atoms with Gasteiger partial charge in [0.05, 0.1) is 7.11 Å². The Hall–Kier alpha value is -1.32. The van der Waals surface area contributed by atoms with Crippen LogP contribution >= 0.6 is 0 Å². The highest BCUT2D eigenvalue weighted by Gasteiger charge is 2.57. The molecule has 1 saturated carbocycles. The SMILES string of the molecule is C=CCNC(=O)C1(C(=O)OC)CC1. The number of hydrogen-bond acceptors (Lipinski definition) is 3. The van der Waals surface area contributed by atoms with E-state index in [1.807, 2.05) is 0 Å². The Balaban J connectivity index is 2.54. The smallest absolute Gasteiger partial charge is 0.321 e. The Morgan fingerprint density at radius 1 is 1.62 bits per heavy atom. The van der Waals surface area contributed by atoms with Gasteiger partial charge in [-0.3, -0.25) is 9.59 Å². The highest BCUT2D eigenvalue weighted by atomic mass is 16.5. The summed E-state index contributed by atoms with van der Waals surface area (Å²) in [5, 5.41) is 2.59. The first-order valence-electron chi connectivity index (χ1n) is 4.15. The molecule has 13 heavy (non-hydrogen) atoms. The van der Waals surface area contributed by atoms with E-state index in [1.54, 1.807) is 6.08 Å². The lowest BCUT2D eigenvalue weighted by Crippen LogP contribution is -2.37. The Bertz CT molecular complexity index is 243. The van der Waals surface area contributed by atoms with E-state index in [0.29, 0.717) is 19.4 Å². The molecule has 0 atom stereocenters. The molecule has 1 aliphatic rings. The van der Waals surface area contributed by atoms with Crippen LogP contribution in [0.5, 0.6) is 0 Å². The van der Waals surface area contributed by atoms with Gasteiger partial charge in [-0.05, 0) is 12.8 Å². The van der Waals surface area contributed by atoms with Crippen molar-refractivity contribution in [3.8, 4) is 0 Å². The van der Waals surface area contributed by atoms with Crippen molar-refractivity contribution >= 4 is 11.9 Å². The first-order chi connectivity index (χ1) is 6.17. The molecule has 0 radical (unpaired) electrons. The number of ether oxygens (including phenoxy) is 1. The molecule has 0 bridgehead atoms. The molecule has 0 saturated heterocycles. The zero-order valence-electron chi connectivity index (χ0n) is 7.63. The largest absolute Gasteiger partial charge is 0.468 e. The van der Waals surface area contributed by atoms with Gasteiger partial charge in [-0.15, -0.1) is 6.58 Å². The lowest BCUT2D eigenvalue weighted by atomic mass is 10.1. The van der Waals surface area contributed by atoms with Gasteiger partial charge in [0.1, 0.15) is 5.41 Å². The van der Waals surface area contributed by atoms with Gasteiger partial charge in [0.15, 0.2) is 0 Å². The number of esters is 1. The summed E-state index contributed by atoms with van der Waals surface area (Å²) in [6, 6.07) is 0. The topological polar surface area (TPSA) is 55.4 Å². The van der Waals surface area contributed by atoms with Gasteiger partial charge in [-0.2, -0.15) is 0 Å². The second-order valence-corrected chi connectivity index (χ2v) is 3.07. The molecule has 0 unspecified atom stereocenters. The maximum atomic E-state index is 11.4. The second kappa shape index (κ2) is 3.60. The predicted molar refractivity (Wildman–Crippen MR) is 46.9 cm³/mol. The van der Waals surface area contributed by atoms with Crippen LogP contribution in [0.4, 0.5) is 0 Å². The average molecular weight is 183 g/mol. The lowest BCUT2D eigenvalue weighted by molar-refractivity contribution is -0.152. The Kier molecular flexibility index (Phi) is 2.70. The zero-order chi connectivity index (χ0) is 9.90. The van der Waals surface area contributed by atoms with E-state index in [2.05, 4.69) is 16.6 Å². The predicted octanol–water partition coefficient (Wildman–Crippen LogP) is 0.242. The van der Waals surface area contributed by atoms with Crippen LogP contribution < -0.4 is 5.32 Å². The van der Waals surface area contributed by atoms with Crippen LogP contribution in [-0.4, -0.2) is 25.5 Å². The molecule has 0 heterocycles. The van der Waals surface area contributed by atoms with Crippen molar-refractivity contribution < 1.29 is 14.3 Å². The van der Waals surface area contributed by atoms with Crippen LogP contribution in [0.2, 0.25) is 0 Å². The number of nitrogens with one attached hydrogen (secondary N) is 1. The molecule has 72 valence electrons. The van der Waals surface area contributed by atoms with Crippen molar-refractivity contribution in [3.05, 3.63) is 12.7 Å². The number of amides is 1. The van der Waals surface area contributed by atoms with E-state index in [1.165, 1.54) is 7.11 Å². The number of hydrogen-bond donors (Lipinski definition) is 1. The highest BCUT2D eigenvalue weighted by Crippen LogP contribution is 2.46. The molecule has 1 amide bonds. The molecule has 4 nitrogen and oxygen atoms in total. The third-order valence-corrected chi connectivity index (χ3v) is 2.17. The van der Waals surface area contributed by atoms with Gasteiger partial charge in [0.2, 0.25) is 5.91 Å². The minimum absolute atomic E-state index is 0.251. The molecule has 0 aromatic rings. The van der Waals surface area contributed by atoms with E-state index in [-0.39, 0.29) is 5.91 Å². The molecule has 1 aliphatic carbocycles. The normalized spacial score (nSPS) is 17.3. The summed E-state index contributed by atoms with van der Waals surface area (Å²) in [7, 11) is 1.29. The van der Waals surface area contributed by atoms with Crippen molar-refractivity contribution in [3.63, 3.8) is 0 Å². The number of rotatable bonds is 4. The van der Waals surface area contributed by atoms with E-state index < -0.39 is 11.4 Å². The third-order valence-electron chi connectivity index (χ3n) is 2.17. The third kappa shape index (κ3) is 1.71. The standard InChI is InChI=1S/C9H13NO3/c1-3-6-10-7(11)9(4-5-9)8(12)13-2/h3H,1,4-6H2,2H3,(H,10,11). The summed E-state index contributed by atoms with van der Waals surface area (Å²) < 4.78 is 4.55. The van der Waals surface area contributed by atoms with Gasteiger partial charge in [0.25, 0.3) is 0 Å². The van der Waals surface area contributed by atoms with E-state index >= 15 is 0 Å². The fourth-order valence-electron chi connectivity index (χ4n) is 1.18. The summed E-state index contributed by atoms with van der Waals surface area (Å²) in [6.07, 6.45) is 2.75. The van der Waals surface area contributed by atoms with Crippen LogP contribution in [0.1, 0.15) is 12.8 Å². The fourth-order valence-corrected chi connectivity index (χ4v) is 1.18. The van der Waals surface area contributed by atoms with Gasteiger partial charge in [0, 0.05) is 6.54 Å². The quantitative estimate of drug-likeness (QED) is 0.386. The molecular formula is C9H13NO3. The summed E-state index contributed by atoms with van der Waals surface area (Å²) >= 11 is 0.